The zero-order valence-corrected chi connectivity index (χ0v) is 27.0. The summed E-state index contributed by atoms with van der Waals surface area (Å²) in [5.41, 5.74) is 1.52. The Morgan fingerprint density at radius 3 is 2.16 bits per heavy atom. The second kappa shape index (κ2) is 14.5. The predicted molar refractivity (Wildman–Crippen MR) is 187 cm³/mol. The van der Waals surface area contributed by atoms with Crippen molar-refractivity contribution >= 4 is 70.1 Å². The molecule has 49 heavy (non-hydrogen) atoms. The Labute approximate surface area is 289 Å². The average Bonchev–Trinajstić information content (AvgIpc) is 3.11. The lowest BCUT2D eigenvalue weighted by molar-refractivity contribution is -0.114. The van der Waals surface area contributed by atoms with Crippen molar-refractivity contribution < 1.29 is 28.4 Å². The molecule has 6 rings (SSSR count). The van der Waals surface area contributed by atoms with Gasteiger partial charge in [0, 0.05) is 38.4 Å². The highest BCUT2D eigenvalue weighted by atomic mass is 35.5. The summed E-state index contributed by atoms with van der Waals surface area (Å²) in [6.45, 7) is 0. The molecule has 1 aliphatic rings. The maximum absolute atomic E-state index is 14.6. The second-order valence-electron chi connectivity index (χ2n) is 10.8. The van der Waals surface area contributed by atoms with Crippen LogP contribution in [0.1, 0.15) is 47.8 Å². The van der Waals surface area contributed by atoms with E-state index in [1.165, 1.54) is 30.0 Å². The van der Waals surface area contributed by atoms with Gasteiger partial charge in [0.05, 0.1) is 22.0 Å². The molecule has 0 heterocycles. The van der Waals surface area contributed by atoms with E-state index in [-0.39, 0.29) is 61.5 Å². The lowest BCUT2D eigenvalue weighted by atomic mass is 9.83. The molecule has 0 spiro atoms. The number of nitrogens with one attached hydrogen (secondary N) is 3. The zero-order chi connectivity index (χ0) is 34.5. The number of fused-ring (bicyclic) bond motifs is 2. The molecule has 8 nitrogen and oxygen atoms in total. The summed E-state index contributed by atoms with van der Waals surface area (Å²) in [6, 6.07) is 30.3. The van der Waals surface area contributed by atoms with Crippen molar-refractivity contribution in [2.24, 2.45) is 0 Å². The highest BCUT2D eigenvalue weighted by Gasteiger charge is 2.31. The molecule has 5 aromatic rings. The summed E-state index contributed by atoms with van der Waals surface area (Å²) in [7, 11) is 0. The molecule has 0 atom stereocenters. The van der Waals surface area contributed by atoms with Gasteiger partial charge in [0.15, 0.2) is 11.6 Å². The second-order valence-corrected chi connectivity index (χ2v) is 12.2. The molecular weight excluding hydrogens is 665 g/mol. The summed E-state index contributed by atoms with van der Waals surface area (Å²) < 4.78 is 14.6. The number of carbonyl (C=O) groups excluding carboxylic acids is 5. The minimum Gasteiger partial charge on any atom is -0.325 e. The van der Waals surface area contributed by atoms with Crippen molar-refractivity contribution in [2.45, 2.75) is 4.90 Å². The van der Waals surface area contributed by atoms with E-state index >= 15 is 0 Å². The lowest BCUT2D eigenvalue weighted by Gasteiger charge is -2.20. The van der Waals surface area contributed by atoms with Crippen LogP contribution in [0.15, 0.2) is 126 Å². The van der Waals surface area contributed by atoms with E-state index in [1.807, 2.05) is 0 Å². The molecule has 3 amide bonds. The first-order chi connectivity index (χ1) is 23.7. The molecule has 3 N–H and O–H groups in total. The van der Waals surface area contributed by atoms with Crippen LogP contribution in [-0.2, 0) is 9.59 Å². The summed E-state index contributed by atoms with van der Waals surface area (Å²) >= 11 is 7.37. The van der Waals surface area contributed by atoms with E-state index in [4.69, 9.17) is 11.6 Å². The van der Waals surface area contributed by atoms with Crippen molar-refractivity contribution in [2.75, 3.05) is 16.4 Å². The first-order valence-electron chi connectivity index (χ1n) is 14.9. The van der Waals surface area contributed by atoms with Gasteiger partial charge in [-0.2, -0.15) is 0 Å². The van der Waals surface area contributed by atoms with Crippen LogP contribution >= 0.6 is 23.4 Å². The fraction of sp³-hybridized carbons (Fsp3) is 0.0263. The van der Waals surface area contributed by atoms with Crippen molar-refractivity contribution in [3.8, 4) is 0 Å². The summed E-state index contributed by atoms with van der Waals surface area (Å²) in [4.78, 5) is 66.4. The normalized spacial score (nSPS) is 12.1. The third-order valence-corrected chi connectivity index (χ3v) is 8.83. The maximum Gasteiger partial charge on any atom is 0.272 e. The van der Waals surface area contributed by atoms with E-state index in [2.05, 4.69) is 16.0 Å². The monoisotopic (exact) mass is 689 g/mol. The number of benzene rings is 5. The number of hydrogen-bond donors (Lipinski definition) is 3. The van der Waals surface area contributed by atoms with Gasteiger partial charge in [0.25, 0.3) is 11.8 Å². The minimum absolute atomic E-state index is 0.0488. The third-order valence-electron chi connectivity index (χ3n) is 7.51. The molecule has 0 saturated carbocycles. The lowest BCUT2D eigenvalue weighted by Crippen LogP contribution is -2.30. The molecular formula is C38H25ClFN3O5S. The van der Waals surface area contributed by atoms with Crippen LogP contribution < -0.4 is 16.0 Å². The Hall–Kier alpha value is -5.84. The number of hydrogen-bond acceptors (Lipinski definition) is 6. The molecule has 0 radical (unpaired) electrons. The smallest absolute Gasteiger partial charge is 0.272 e. The molecule has 0 aliphatic heterocycles. The number of halogens is 2. The number of amides is 3. The van der Waals surface area contributed by atoms with Crippen LogP contribution in [-0.4, -0.2) is 35.0 Å². The molecule has 5 aromatic carbocycles. The topological polar surface area (TPSA) is 121 Å². The number of anilines is 2. The Morgan fingerprint density at radius 2 is 1.41 bits per heavy atom. The van der Waals surface area contributed by atoms with E-state index in [1.54, 1.807) is 97.1 Å². The number of rotatable bonds is 9. The average molecular weight is 690 g/mol. The quantitative estimate of drug-likeness (QED) is 0.108. The van der Waals surface area contributed by atoms with E-state index < -0.39 is 23.5 Å². The molecule has 0 fully saturated rings. The Kier molecular flexibility index (Phi) is 9.79. The molecule has 1 aliphatic carbocycles. The van der Waals surface area contributed by atoms with Crippen LogP contribution in [0.3, 0.4) is 0 Å². The van der Waals surface area contributed by atoms with E-state index in [9.17, 15) is 28.4 Å². The zero-order valence-electron chi connectivity index (χ0n) is 25.5. The molecule has 11 heteroatoms. The third kappa shape index (κ3) is 7.35. The molecule has 0 saturated heterocycles. The van der Waals surface area contributed by atoms with Gasteiger partial charge in [-0.05, 0) is 54.6 Å². The highest BCUT2D eigenvalue weighted by Crippen LogP contribution is 2.32. The first-order valence-corrected chi connectivity index (χ1v) is 16.2. The van der Waals surface area contributed by atoms with Crippen LogP contribution in [0.25, 0.3) is 6.08 Å². The minimum atomic E-state index is -0.738. The van der Waals surface area contributed by atoms with Crippen molar-refractivity contribution in [1.29, 1.82) is 0 Å². The molecule has 242 valence electrons. The van der Waals surface area contributed by atoms with Gasteiger partial charge in [-0.25, -0.2) is 4.39 Å². The summed E-state index contributed by atoms with van der Waals surface area (Å²) in [5.74, 6) is -3.10. The van der Waals surface area contributed by atoms with Crippen molar-refractivity contribution in [1.82, 2.24) is 5.32 Å². The molecule has 0 aromatic heterocycles. The first kappa shape index (κ1) is 33.1. The van der Waals surface area contributed by atoms with Gasteiger partial charge in [-0.3, -0.25) is 24.0 Å². The van der Waals surface area contributed by atoms with Crippen molar-refractivity contribution in [3.63, 3.8) is 0 Å². The van der Waals surface area contributed by atoms with E-state index in [0.29, 0.717) is 16.1 Å². The summed E-state index contributed by atoms with van der Waals surface area (Å²) in [5, 5.41) is 8.06. The van der Waals surface area contributed by atoms with Crippen LogP contribution in [0, 0.1) is 5.82 Å². The number of ketones is 2. The molecule has 0 unspecified atom stereocenters. The van der Waals surface area contributed by atoms with Gasteiger partial charge >= 0.3 is 0 Å². The fourth-order valence-corrected chi connectivity index (χ4v) is 6.15. The predicted octanol–water partition coefficient (Wildman–Crippen LogP) is 7.39. The van der Waals surface area contributed by atoms with Crippen LogP contribution in [0.4, 0.5) is 15.8 Å². The van der Waals surface area contributed by atoms with Gasteiger partial charge in [0.2, 0.25) is 5.91 Å². The van der Waals surface area contributed by atoms with Crippen LogP contribution in [0.2, 0.25) is 5.02 Å². The highest BCUT2D eigenvalue weighted by molar-refractivity contribution is 8.00. The summed E-state index contributed by atoms with van der Waals surface area (Å²) in [6.07, 6.45) is 1.16. The number of thioether (sulfide) groups is 1. The molecule has 0 bridgehead atoms. The maximum atomic E-state index is 14.6. The van der Waals surface area contributed by atoms with Gasteiger partial charge in [0.1, 0.15) is 11.5 Å². The fourth-order valence-electron chi connectivity index (χ4n) is 5.18. The van der Waals surface area contributed by atoms with E-state index in [0.717, 1.165) is 6.08 Å². The Morgan fingerprint density at radius 1 is 0.735 bits per heavy atom. The Balaban J connectivity index is 1.15. The van der Waals surface area contributed by atoms with Gasteiger partial charge in [-0.1, -0.05) is 78.3 Å². The van der Waals surface area contributed by atoms with Gasteiger partial charge < -0.3 is 16.0 Å². The SMILES string of the molecule is O=C(CSc1cccc(NC(=O)/C(=C\c2c(F)cccc2Cl)NC(=O)c2ccccc2)c1)Nc1cccc2c1C(=O)c1ccccc1C2=O. The largest absolute Gasteiger partial charge is 0.325 e. The van der Waals surface area contributed by atoms with Crippen LogP contribution in [0.5, 0.6) is 0 Å². The van der Waals surface area contributed by atoms with Gasteiger partial charge in [-0.15, -0.1) is 11.8 Å². The van der Waals surface area contributed by atoms with Crippen molar-refractivity contribution in [3.05, 3.63) is 165 Å². The Bertz CT molecular complexity index is 2170. The number of carbonyl (C=O) groups is 5. The standard InChI is InChI=1S/C38H25ClFN3O5S/c39-29-16-8-17-30(40)28(29)20-32(43-37(47)22-9-2-1-3-10-22)38(48)41-23-11-6-12-24(19-23)49-21-33(44)42-31-18-7-15-27-34(31)36(46)26-14-5-4-13-25(26)35(27)45/h1-20H,21H2,(H,41,48)(H,42,44)(H,43,47)/b32-20+.